The fourth-order valence-electron chi connectivity index (χ4n) is 3.54. The molecule has 1 atom stereocenters. The smallest absolute Gasteiger partial charge is 0.266 e. The van der Waals surface area contributed by atoms with Gasteiger partial charge >= 0.3 is 0 Å². The summed E-state index contributed by atoms with van der Waals surface area (Å²) in [5, 5.41) is 0. The molecule has 1 unspecified atom stereocenters. The number of hydrogen-bond acceptors (Lipinski definition) is 6. The number of nitrogens with zero attached hydrogens (tertiary/aromatic N) is 4. The molecule has 2 aromatic carbocycles. The number of carbonyl (C=O) groups is 1. The number of rotatable bonds is 6. The highest BCUT2D eigenvalue weighted by atomic mass is 19.1. The number of aliphatic imine (C=N–C) groups is 1. The number of hydrogen-bond donors (Lipinski definition) is 1. The van der Waals surface area contributed by atoms with E-state index in [0.717, 1.165) is 0 Å². The fraction of sp³-hybridized carbons (Fsp3) is 0.182. The van der Waals surface area contributed by atoms with Gasteiger partial charge in [0.1, 0.15) is 31.2 Å². The van der Waals surface area contributed by atoms with Crippen molar-refractivity contribution >= 4 is 11.9 Å². The van der Waals surface area contributed by atoms with E-state index in [-0.39, 0.29) is 24.0 Å². The van der Waals surface area contributed by atoms with E-state index in [0.29, 0.717) is 22.4 Å². The van der Waals surface area contributed by atoms with Gasteiger partial charge in [0.25, 0.3) is 5.91 Å². The Hall–Kier alpha value is -3.88. The minimum atomic E-state index is -1.50. The normalized spacial score (nSPS) is 18.2. The molecule has 0 fully saturated rings. The SMILES string of the molecule is CN1C(=O)C(c2ccc(OCCF)cc2)(c2ccc(F)c(-c3cncnc3)c2)N=C1N. The molecule has 1 aromatic heterocycles. The molecular weight excluding hydrogens is 404 g/mol. The van der Waals surface area contributed by atoms with Crippen LogP contribution in [0.15, 0.2) is 66.2 Å². The van der Waals surface area contributed by atoms with Crippen LogP contribution < -0.4 is 10.5 Å². The van der Waals surface area contributed by atoms with Crippen LogP contribution in [-0.4, -0.2) is 47.1 Å². The zero-order chi connectivity index (χ0) is 22.0. The maximum Gasteiger partial charge on any atom is 0.266 e. The maximum absolute atomic E-state index is 14.6. The average Bonchev–Trinajstić information content (AvgIpc) is 3.03. The summed E-state index contributed by atoms with van der Waals surface area (Å²) in [5.74, 6) is -0.381. The third kappa shape index (κ3) is 3.48. The Balaban J connectivity index is 1.87. The number of amides is 1. The predicted octanol–water partition coefficient (Wildman–Crippen LogP) is 2.66. The molecule has 0 aliphatic carbocycles. The molecule has 0 saturated carbocycles. The number of halogens is 2. The second kappa shape index (κ2) is 8.10. The lowest BCUT2D eigenvalue weighted by Gasteiger charge is -2.27. The summed E-state index contributed by atoms with van der Waals surface area (Å²) in [4.78, 5) is 27.0. The van der Waals surface area contributed by atoms with Crippen molar-refractivity contribution in [1.82, 2.24) is 14.9 Å². The Morgan fingerprint density at radius 3 is 2.39 bits per heavy atom. The van der Waals surface area contributed by atoms with E-state index in [9.17, 15) is 13.6 Å². The van der Waals surface area contributed by atoms with Gasteiger partial charge in [0.05, 0.1) is 0 Å². The molecule has 158 valence electrons. The Kier molecular flexibility index (Phi) is 5.33. The minimum Gasteiger partial charge on any atom is -0.491 e. The quantitative estimate of drug-likeness (QED) is 0.658. The topological polar surface area (TPSA) is 93.7 Å². The Morgan fingerprint density at radius 2 is 1.77 bits per heavy atom. The summed E-state index contributed by atoms with van der Waals surface area (Å²) in [5.41, 5.74) is 6.12. The van der Waals surface area contributed by atoms with Gasteiger partial charge in [-0.1, -0.05) is 18.2 Å². The Morgan fingerprint density at radius 1 is 1.10 bits per heavy atom. The highest BCUT2D eigenvalue weighted by molar-refractivity contribution is 6.09. The molecule has 2 heterocycles. The first kappa shape index (κ1) is 20.4. The molecule has 1 aliphatic heterocycles. The molecule has 1 amide bonds. The average molecular weight is 423 g/mol. The molecule has 4 rings (SSSR count). The molecule has 0 saturated heterocycles. The van der Waals surface area contributed by atoms with E-state index in [1.54, 1.807) is 30.3 Å². The van der Waals surface area contributed by atoms with E-state index in [2.05, 4.69) is 15.0 Å². The lowest BCUT2D eigenvalue weighted by Crippen LogP contribution is -2.41. The molecular formula is C22H19F2N5O2. The van der Waals surface area contributed by atoms with Gasteiger partial charge in [-0.3, -0.25) is 9.69 Å². The molecule has 9 heteroatoms. The van der Waals surface area contributed by atoms with Crippen LogP contribution in [-0.2, 0) is 10.3 Å². The van der Waals surface area contributed by atoms with Gasteiger partial charge in [-0.2, -0.15) is 0 Å². The summed E-state index contributed by atoms with van der Waals surface area (Å²) in [6.07, 6.45) is 4.32. The number of likely N-dealkylation sites (N-methyl/N-ethyl adjacent to an activating group) is 1. The Bertz CT molecular complexity index is 1140. The number of carbonyl (C=O) groups excluding carboxylic acids is 1. The van der Waals surface area contributed by atoms with Crippen LogP contribution >= 0.6 is 0 Å². The fourth-order valence-corrected chi connectivity index (χ4v) is 3.54. The maximum atomic E-state index is 14.6. The van der Waals surface area contributed by atoms with E-state index in [1.165, 1.54) is 42.8 Å². The van der Waals surface area contributed by atoms with Crippen LogP contribution in [0.2, 0.25) is 0 Å². The second-order valence-corrected chi connectivity index (χ2v) is 6.93. The second-order valence-electron chi connectivity index (χ2n) is 6.93. The molecule has 31 heavy (non-hydrogen) atoms. The molecule has 0 radical (unpaired) electrons. The summed E-state index contributed by atoms with van der Waals surface area (Å²) < 4.78 is 32.3. The van der Waals surface area contributed by atoms with E-state index in [1.807, 2.05) is 0 Å². The third-order valence-electron chi connectivity index (χ3n) is 5.11. The van der Waals surface area contributed by atoms with Gasteiger partial charge in [-0.15, -0.1) is 0 Å². The zero-order valence-electron chi connectivity index (χ0n) is 16.6. The molecule has 2 N–H and O–H groups in total. The van der Waals surface area contributed by atoms with Crippen molar-refractivity contribution in [2.75, 3.05) is 20.3 Å². The van der Waals surface area contributed by atoms with Crippen molar-refractivity contribution in [3.63, 3.8) is 0 Å². The van der Waals surface area contributed by atoms with Gasteiger partial charge in [0.2, 0.25) is 0 Å². The first-order chi connectivity index (χ1) is 15.0. The number of nitrogens with two attached hydrogens (primary N) is 1. The van der Waals surface area contributed by atoms with Gasteiger partial charge in [0.15, 0.2) is 11.5 Å². The van der Waals surface area contributed by atoms with Gasteiger partial charge in [-0.25, -0.2) is 23.7 Å². The molecule has 1 aliphatic rings. The first-order valence-electron chi connectivity index (χ1n) is 9.45. The van der Waals surface area contributed by atoms with Crippen molar-refractivity contribution in [2.45, 2.75) is 5.54 Å². The number of ether oxygens (including phenoxy) is 1. The minimum absolute atomic E-state index is 0.0386. The first-order valence-corrected chi connectivity index (χ1v) is 9.45. The van der Waals surface area contributed by atoms with E-state index in [4.69, 9.17) is 10.5 Å². The van der Waals surface area contributed by atoms with Crippen molar-refractivity contribution in [1.29, 1.82) is 0 Å². The number of aromatic nitrogens is 2. The largest absolute Gasteiger partial charge is 0.491 e. The molecule has 7 nitrogen and oxygen atoms in total. The lowest BCUT2D eigenvalue weighted by molar-refractivity contribution is -0.129. The predicted molar refractivity (Wildman–Crippen MR) is 111 cm³/mol. The number of alkyl halides is 1. The number of guanidine groups is 1. The van der Waals surface area contributed by atoms with E-state index >= 15 is 0 Å². The highest BCUT2D eigenvalue weighted by Gasteiger charge is 2.49. The Labute approximate surface area is 177 Å². The van der Waals surface area contributed by atoms with Gasteiger partial charge in [-0.05, 0) is 35.4 Å². The number of benzene rings is 2. The van der Waals surface area contributed by atoms with Crippen molar-refractivity contribution in [2.24, 2.45) is 10.7 Å². The monoisotopic (exact) mass is 423 g/mol. The van der Waals surface area contributed by atoms with Crippen molar-refractivity contribution in [3.05, 3.63) is 78.1 Å². The zero-order valence-corrected chi connectivity index (χ0v) is 16.6. The summed E-state index contributed by atoms with van der Waals surface area (Å²) in [6.45, 7) is -0.685. The van der Waals surface area contributed by atoms with Crippen LogP contribution in [0.4, 0.5) is 8.78 Å². The molecule has 0 bridgehead atoms. The van der Waals surface area contributed by atoms with Crippen LogP contribution in [0, 0.1) is 5.82 Å². The van der Waals surface area contributed by atoms with Gasteiger partial charge in [0, 0.05) is 30.6 Å². The van der Waals surface area contributed by atoms with Crippen LogP contribution in [0.25, 0.3) is 11.1 Å². The summed E-state index contributed by atoms with van der Waals surface area (Å²) in [6, 6.07) is 10.9. The summed E-state index contributed by atoms with van der Waals surface area (Å²) in [7, 11) is 1.52. The van der Waals surface area contributed by atoms with E-state index < -0.39 is 18.0 Å². The van der Waals surface area contributed by atoms with Crippen LogP contribution in [0.1, 0.15) is 11.1 Å². The van der Waals surface area contributed by atoms with Crippen molar-refractivity contribution < 1.29 is 18.3 Å². The highest BCUT2D eigenvalue weighted by Crippen LogP contribution is 2.41. The standard InChI is InChI=1S/C22H19F2N5O2/c1-29-20(30)22(28-21(29)25,15-2-5-17(6-3-15)31-9-8-23)16-4-7-19(24)18(10-16)14-11-26-13-27-12-14/h2-7,10-13H,8-9H2,1H3,(H2,25,28). The lowest BCUT2D eigenvalue weighted by atomic mass is 9.81. The van der Waals surface area contributed by atoms with Crippen molar-refractivity contribution in [3.8, 4) is 16.9 Å². The molecule has 0 spiro atoms. The molecule has 3 aromatic rings. The van der Waals surface area contributed by atoms with Gasteiger partial charge < -0.3 is 10.5 Å². The van der Waals surface area contributed by atoms with Crippen LogP contribution in [0.3, 0.4) is 0 Å². The third-order valence-corrected chi connectivity index (χ3v) is 5.11. The van der Waals surface area contributed by atoms with Crippen LogP contribution in [0.5, 0.6) is 5.75 Å². The summed E-state index contributed by atoms with van der Waals surface area (Å²) >= 11 is 0.